The molecule has 1 aliphatic rings. The minimum atomic E-state index is -0.450. The molecule has 23 heavy (non-hydrogen) atoms. The Balaban J connectivity index is 1.69. The van der Waals surface area contributed by atoms with Gasteiger partial charge in [0.05, 0.1) is 5.52 Å². The second-order valence-corrected chi connectivity index (χ2v) is 7.37. The molecule has 0 unspecified atom stereocenters. The summed E-state index contributed by atoms with van der Waals surface area (Å²) >= 11 is 6.02. The van der Waals surface area contributed by atoms with E-state index in [2.05, 4.69) is 21.8 Å². The lowest BCUT2D eigenvalue weighted by Gasteiger charge is -2.34. The van der Waals surface area contributed by atoms with E-state index >= 15 is 0 Å². The van der Waals surface area contributed by atoms with Gasteiger partial charge in [-0.3, -0.25) is 0 Å². The minimum absolute atomic E-state index is 0.222. The van der Waals surface area contributed by atoms with Gasteiger partial charge in [-0.25, -0.2) is 9.78 Å². The minimum Gasteiger partial charge on any atom is -0.444 e. The molecule has 2 aromatic rings. The third-order valence-corrected chi connectivity index (χ3v) is 4.29. The predicted octanol–water partition coefficient (Wildman–Crippen LogP) is 4.26. The molecule has 0 aliphatic carbocycles. The zero-order chi connectivity index (χ0) is 16.6. The highest BCUT2D eigenvalue weighted by Crippen LogP contribution is 2.29. The Kier molecular flexibility index (Phi) is 4.23. The summed E-state index contributed by atoms with van der Waals surface area (Å²) in [4.78, 5) is 18.0. The Morgan fingerprint density at radius 2 is 2.04 bits per heavy atom. The van der Waals surface area contributed by atoms with Crippen LogP contribution in [0.2, 0.25) is 5.15 Å². The van der Waals surface area contributed by atoms with Crippen molar-refractivity contribution in [1.82, 2.24) is 14.5 Å². The summed E-state index contributed by atoms with van der Waals surface area (Å²) in [5.74, 6) is 0. The lowest BCUT2D eigenvalue weighted by atomic mass is 10.1. The predicted molar refractivity (Wildman–Crippen MR) is 90.8 cm³/mol. The molecule has 0 N–H and O–H groups in total. The SMILES string of the molecule is CC(C)(C)OC(=O)N1CCC(n2ccc3cnc(Cl)cc32)CC1. The van der Waals surface area contributed by atoms with E-state index in [1.165, 1.54) is 0 Å². The molecule has 3 rings (SSSR count). The molecular weight excluding hydrogens is 314 g/mol. The van der Waals surface area contributed by atoms with Gasteiger partial charge in [0.1, 0.15) is 10.8 Å². The molecule has 1 aliphatic heterocycles. The Hall–Kier alpha value is -1.75. The maximum absolute atomic E-state index is 12.1. The van der Waals surface area contributed by atoms with E-state index < -0.39 is 5.60 Å². The number of hydrogen-bond donors (Lipinski definition) is 0. The molecule has 124 valence electrons. The Labute approximate surface area is 141 Å². The number of piperidine rings is 1. The highest BCUT2D eigenvalue weighted by atomic mass is 35.5. The number of pyridine rings is 1. The first-order valence-electron chi connectivity index (χ1n) is 7.93. The fraction of sp³-hybridized carbons (Fsp3) is 0.529. The lowest BCUT2D eigenvalue weighted by Crippen LogP contribution is -2.42. The van der Waals surface area contributed by atoms with E-state index in [4.69, 9.17) is 16.3 Å². The highest BCUT2D eigenvalue weighted by molar-refractivity contribution is 6.30. The van der Waals surface area contributed by atoms with Crippen LogP contribution < -0.4 is 0 Å². The number of aromatic nitrogens is 2. The normalized spacial score (nSPS) is 16.8. The standard InChI is InChI=1S/C17H22ClN3O2/c1-17(2,3)23-16(22)20-7-5-13(6-8-20)21-9-4-12-11-19-15(18)10-14(12)21/h4,9-11,13H,5-8H2,1-3H3. The smallest absolute Gasteiger partial charge is 0.410 e. The van der Waals surface area contributed by atoms with Gasteiger partial charge in [0.15, 0.2) is 0 Å². The van der Waals surface area contributed by atoms with E-state index in [-0.39, 0.29) is 6.09 Å². The molecular formula is C17H22ClN3O2. The molecule has 1 saturated heterocycles. The number of halogens is 1. The summed E-state index contributed by atoms with van der Waals surface area (Å²) in [7, 11) is 0. The van der Waals surface area contributed by atoms with Gasteiger partial charge >= 0.3 is 6.09 Å². The molecule has 0 atom stereocenters. The molecule has 0 radical (unpaired) electrons. The number of carbonyl (C=O) groups is 1. The van der Waals surface area contributed by atoms with Crippen molar-refractivity contribution in [2.75, 3.05) is 13.1 Å². The number of amides is 1. The number of carbonyl (C=O) groups excluding carboxylic acids is 1. The van der Waals surface area contributed by atoms with Gasteiger partial charge in [-0.05, 0) is 45.7 Å². The Morgan fingerprint density at radius 3 is 2.70 bits per heavy atom. The fourth-order valence-corrected chi connectivity index (χ4v) is 3.15. The van der Waals surface area contributed by atoms with E-state index in [0.717, 1.165) is 23.7 Å². The maximum Gasteiger partial charge on any atom is 0.410 e. The van der Waals surface area contributed by atoms with Crippen LogP contribution in [0, 0.1) is 0 Å². The summed E-state index contributed by atoms with van der Waals surface area (Å²) in [6, 6.07) is 4.32. The van der Waals surface area contributed by atoms with Gasteiger partial charge in [-0.1, -0.05) is 11.6 Å². The average molecular weight is 336 g/mol. The van der Waals surface area contributed by atoms with Crippen LogP contribution in [0.3, 0.4) is 0 Å². The first kappa shape index (κ1) is 16.1. The molecule has 1 amide bonds. The van der Waals surface area contributed by atoms with Crippen molar-refractivity contribution in [2.45, 2.75) is 45.3 Å². The number of nitrogens with zero attached hydrogens (tertiary/aromatic N) is 3. The molecule has 3 heterocycles. The molecule has 6 heteroatoms. The van der Waals surface area contributed by atoms with Crippen LogP contribution in [-0.2, 0) is 4.74 Å². The fourth-order valence-electron chi connectivity index (χ4n) is 3.00. The Bertz CT molecular complexity index is 712. The number of ether oxygens (including phenoxy) is 1. The molecule has 0 spiro atoms. The van der Waals surface area contributed by atoms with Gasteiger partial charge in [0.2, 0.25) is 0 Å². The summed E-state index contributed by atoms with van der Waals surface area (Å²) in [6.45, 7) is 7.08. The first-order chi connectivity index (χ1) is 10.8. The molecule has 0 bridgehead atoms. The monoisotopic (exact) mass is 335 g/mol. The third kappa shape index (κ3) is 3.61. The zero-order valence-electron chi connectivity index (χ0n) is 13.8. The summed E-state index contributed by atoms with van der Waals surface area (Å²) in [5, 5.41) is 1.59. The van der Waals surface area contributed by atoms with Crippen molar-refractivity contribution < 1.29 is 9.53 Å². The number of fused-ring (bicyclic) bond motifs is 1. The highest BCUT2D eigenvalue weighted by Gasteiger charge is 2.27. The van der Waals surface area contributed by atoms with Gasteiger partial charge in [-0.2, -0.15) is 0 Å². The number of hydrogen-bond acceptors (Lipinski definition) is 3. The van der Waals surface area contributed by atoms with Crippen LogP contribution in [0.5, 0.6) is 0 Å². The maximum atomic E-state index is 12.1. The zero-order valence-corrected chi connectivity index (χ0v) is 14.5. The number of likely N-dealkylation sites (tertiary alicyclic amines) is 1. The van der Waals surface area contributed by atoms with E-state index in [0.29, 0.717) is 24.3 Å². The average Bonchev–Trinajstić information content (AvgIpc) is 2.88. The lowest BCUT2D eigenvalue weighted by molar-refractivity contribution is 0.0190. The van der Waals surface area contributed by atoms with Crippen molar-refractivity contribution in [1.29, 1.82) is 0 Å². The van der Waals surface area contributed by atoms with Crippen LogP contribution in [0.4, 0.5) is 4.79 Å². The van der Waals surface area contributed by atoms with Crippen molar-refractivity contribution in [2.24, 2.45) is 0 Å². The van der Waals surface area contributed by atoms with Crippen LogP contribution in [-0.4, -0.2) is 39.2 Å². The molecule has 0 saturated carbocycles. The van der Waals surface area contributed by atoms with E-state index in [9.17, 15) is 4.79 Å². The molecule has 5 nitrogen and oxygen atoms in total. The molecule has 0 aromatic carbocycles. The van der Waals surface area contributed by atoms with Gasteiger partial charge in [0.25, 0.3) is 0 Å². The van der Waals surface area contributed by atoms with Crippen molar-refractivity contribution >= 4 is 28.6 Å². The van der Waals surface area contributed by atoms with Crippen molar-refractivity contribution in [3.05, 3.63) is 29.7 Å². The second-order valence-electron chi connectivity index (χ2n) is 6.99. The van der Waals surface area contributed by atoms with Crippen LogP contribution in [0.25, 0.3) is 10.9 Å². The van der Waals surface area contributed by atoms with Crippen LogP contribution >= 0.6 is 11.6 Å². The third-order valence-electron chi connectivity index (χ3n) is 4.08. The van der Waals surface area contributed by atoms with Gasteiger partial charge in [0, 0.05) is 36.9 Å². The Morgan fingerprint density at radius 1 is 1.35 bits per heavy atom. The quantitative estimate of drug-likeness (QED) is 0.731. The van der Waals surface area contributed by atoms with Gasteiger partial charge < -0.3 is 14.2 Å². The largest absolute Gasteiger partial charge is 0.444 e. The van der Waals surface area contributed by atoms with E-state index in [1.807, 2.05) is 26.8 Å². The van der Waals surface area contributed by atoms with E-state index in [1.54, 1.807) is 11.1 Å². The van der Waals surface area contributed by atoms with Crippen molar-refractivity contribution in [3.8, 4) is 0 Å². The number of rotatable bonds is 1. The first-order valence-corrected chi connectivity index (χ1v) is 8.31. The second kappa shape index (κ2) is 6.04. The van der Waals surface area contributed by atoms with Crippen LogP contribution in [0.1, 0.15) is 39.7 Å². The summed E-state index contributed by atoms with van der Waals surface area (Å²) in [5.41, 5.74) is 0.648. The topological polar surface area (TPSA) is 47.4 Å². The van der Waals surface area contributed by atoms with Gasteiger partial charge in [-0.15, -0.1) is 0 Å². The van der Waals surface area contributed by atoms with Crippen molar-refractivity contribution in [3.63, 3.8) is 0 Å². The summed E-state index contributed by atoms with van der Waals surface area (Å²) < 4.78 is 7.69. The summed E-state index contributed by atoms with van der Waals surface area (Å²) in [6.07, 6.45) is 5.47. The molecule has 2 aromatic heterocycles. The van der Waals surface area contributed by atoms with Crippen LogP contribution in [0.15, 0.2) is 24.5 Å². The molecule has 1 fully saturated rings.